The van der Waals surface area contributed by atoms with E-state index in [1.54, 1.807) is 12.1 Å². The third-order valence-corrected chi connectivity index (χ3v) is 3.02. The van der Waals surface area contributed by atoms with Gasteiger partial charge in [-0.1, -0.05) is 12.1 Å². The van der Waals surface area contributed by atoms with Crippen molar-refractivity contribution in [2.24, 2.45) is 5.84 Å². The predicted octanol–water partition coefficient (Wildman–Crippen LogP) is 2.66. The van der Waals surface area contributed by atoms with E-state index in [1.165, 1.54) is 25.6 Å². The topological polar surface area (TPSA) is 60.2 Å². The molecule has 0 aliphatic rings. The van der Waals surface area contributed by atoms with E-state index in [1.807, 2.05) is 0 Å². The first-order chi connectivity index (χ1) is 9.95. The Bertz CT molecular complexity index is 616. The molecular weight excluding hydrogens is 283 g/mol. The van der Waals surface area contributed by atoms with Crippen LogP contribution in [0.15, 0.2) is 42.7 Å². The highest BCUT2D eigenvalue weighted by Crippen LogP contribution is 2.32. The lowest BCUT2D eigenvalue weighted by Crippen LogP contribution is -2.29. The number of nitrogens with two attached hydrogens (primary N) is 1. The summed E-state index contributed by atoms with van der Waals surface area (Å²) in [5.41, 5.74) is 2.77. The second-order valence-electron chi connectivity index (χ2n) is 4.38. The lowest BCUT2D eigenvalue weighted by molar-refractivity contribution is -0.137. The Labute approximate surface area is 119 Å². The van der Waals surface area contributed by atoms with E-state index >= 15 is 0 Å². The number of hydrogen-bond donors (Lipinski definition) is 2. The first kappa shape index (κ1) is 15.3. The molecule has 1 aromatic heterocycles. The molecule has 1 unspecified atom stereocenters. The number of hydrogen-bond acceptors (Lipinski definition) is 4. The molecule has 0 aliphatic heterocycles. The molecule has 0 amide bonds. The number of aromatic nitrogens is 1. The number of alkyl halides is 3. The summed E-state index contributed by atoms with van der Waals surface area (Å²) in [6, 6.07) is 6.03. The van der Waals surface area contributed by atoms with Gasteiger partial charge in [0.2, 0.25) is 0 Å². The summed E-state index contributed by atoms with van der Waals surface area (Å²) in [7, 11) is 1.48. The Morgan fingerprint density at radius 1 is 1.19 bits per heavy atom. The molecule has 0 radical (unpaired) electrons. The Morgan fingerprint density at radius 3 is 2.57 bits per heavy atom. The average Bonchev–Trinajstić information content (AvgIpc) is 2.48. The lowest BCUT2D eigenvalue weighted by Gasteiger charge is -2.18. The number of benzene rings is 1. The lowest BCUT2D eigenvalue weighted by atomic mass is 9.98. The van der Waals surface area contributed by atoms with Crippen LogP contribution >= 0.6 is 0 Å². The van der Waals surface area contributed by atoms with Crippen LogP contribution in [0.2, 0.25) is 0 Å². The summed E-state index contributed by atoms with van der Waals surface area (Å²) in [6.45, 7) is 0. The summed E-state index contributed by atoms with van der Waals surface area (Å²) in [5, 5.41) is 0. The van der Waals surface area contributed by atoms with Gasteiger partial charge >= 0.3 is 6.18 Å². The quantitative estimate of drug-likeness (QED) is 0.673. The van der Waals surface area contributed by atoms with Gasteiger partial charge in [0.1, 0.15) is 5.75 Å². The van der Waals surface area contributed by atoms with E-state index in [4.69, 9.17) is 10.6 Å². The minimum atomic E-state index is -4.40. The third kappa shape index (κ3) is 3.50. The second kappa shape index (κ2) is 6.11. The second-order valence-corrected chi connectivity index (χ2v) is 4.38. The fourth-order valence-corrected chi connectivity index (χ4v) is 1.98. The van der Waals surface area contributed by atoms with Gasteiger partial charge in [0.15, 0.2) is 0 Å². The molecule has 1 atom stereocenters. The van der Waals surface area contributed by atoms with Crippen molar-refractivity contribution in [1.82, 2.24) is 10.4 Å². The zero-order chi connectivity index (χ0) is 15.5. The van der Waals surface area contributed by atoms with E-state index in [2.05, 4.69) is 10.4 Å². The molecule has 1 heterocycles. The predicted molar refractivity (Wildman–Crippen MR) is 71.4 cm³/mol. The highest BCUT2D eigenvalue weighted by molar-refractivity contribution is 5.36. The maximum Gasteiger partial charge on any atom is 0.416 e. The third-order valence-electron chi connectivity index (χ3n) is 3.02. The van der Waals surface area contributed by atoms with Crippen LogP contribution in [0.25, 0.3) is 0 Å². The molecule has 2 rings (SSSR count). The molecule has 0 aliphatic carbocycles. The van der Waals surface area contributed by atoms with Crippen molar-refractivity contribution in [2.75, 3.05) is 7.11 Å². The summed E-state index contributed by atoms with van der Waals surface area (Å²) < 4.78 is 43.4. The first-order valence-corrected chi connectivity index (χ1v) is 6.08. The van der Waals surface area contributed by atoms with Crippen LogP contribution in [-0.2, 0) is 6.18 Å². The fraction of sp³-hybridized carbons (Fsp3) is 0.214. The Morgan fingerprint density at radius 2 is 1.95 bits per heavy atom. The molecule has 0 spiro atoms. The smallest absolute Gasteiger partial charge is 0.416 e. The van der Waals surface area contributed by atoms with Crippen molar-refractivity contribution in [3.05, 3.63) is 59.4 Å². The van der Waals surface area contributed by atoms with Crippen LogP contribution in [0, 0.1) is 0 Å². The zero-order valence-electron chi connectivity index (χ0n) is 11.2. The largest absolute Gasteiger partial charge is 0.495 e. The van der Waals surface area contributed by atoms with Gasteiger partial charge < -0.3 is 4.74 Å². The van der Waals surface area contributed by atoms with Crippen molar-refractivity contribution >= 4 is 0 Å². The average molecular weight is 297 g/mol. The molecule has 0 saturated heterocycles. The highest BCUT2D eigenvalue weighted by Gasteiger charge is 2.31. The van der Waals surface area contributed by atoms with Crippen molar-refractivity contribution < 1.29 is 17.9 Å². The maximum atomic E-state index is 12.8. The summed E-state index contributed by atoms with van der Waals surface area (Å²) >= 11 is 0. The van der Waals surface area contributed by atoms with Crippen LogP contribution in [-0.4, -0.2) is 12.1 Å². The number of nitrogens with one attached hydrogen (secondary N) is 1. The molecule has 2 aromatic rings. The number of ether oxygens (including phenoxy) is 1. The number of nitrogens with zero attached hydrogens (tertiary/aromatic N) is 1. The SMILES string of the molecule is COc1cncc(C(NN)c2cccc(C(F)(F)F)c2)c1. The van der Waals surface area contributed by atoms with Crippen LogP contribution in [0.4, 0.5) is 13.2 Å². The van der Waals surface area contributed by atoms with Gasteiger partial charge in [-0.05, 0) is 29.3 Å². The molecule has 4 nitrogen and oxygen atoms in total. The molecular formula is C14H14F3N3O. The Kier molecular flexibility index (Phi) is 4.44. The van der Waals surface area contributed by atoms with Gasteiger partial charge in [0.05, 0.1) is 24.9 Å². The van der Waals surface area contributed by atoms with Gasteiger partial charge in [-0.2, -0.15) is 13.2 Å². The van der Waals surface area contributed by atoms with Crippen molar-refractivity contribution in [1.29, 1.82) is 0 Å². The number of rotatable bonds is 4. The van der Waals surface area contributed by atoms with Gasteiger partial charge in [-0.25, -0.2) is 5.43 Å². The van der Waals surface area contributed by atoms with Gasteiger partial charge in [0, 0.05) is 6.20 Å². The normalized spacial score (nSPS) is 13.0. The van der Waals surface area contributed by atoms with Crippen LogP contribution < -0.4 is 16.0 Å². The van der Waals surface area contributed by atoms with Crippen molar-refractivity contribution in [2.45, 2.75) is 12.2 Å². The number of methoxy groups -OCH3 is 1. The summed E-state index contributed by atoms with van der Waals surface area (Å²) in [6.07, 6.45) is -1.38. The van der Waals surface area contributed by atoms with E-state index in [0.717, 1.165) is 12.1 Å². The van der Waals surface area contributed by atoms with Crippen molar-refractivity contribution in [3.8, 4) is 5.75 Å². The van der Waals surface area contributed by atoms with Gasteiger partial charge in [-0.15, -0.1) is 0 Å². The fourth-order valence-electron chi connectivity index (χ4n) is 1.98. The molecule has 0 bridgehead atoms. The van der Waals surface area contributed by atoms with E-state index in [9.17, 15) is 13.2 Å². The van der Waals surface area contributed by atoms with Gasteiger partial charge in [0.25, 0.3) is 0 Å². The highest BCUT2D eigenvalue weighted by atomic mass is 19.4. The van der Waals surface area contributed by atoms with E-state index in [-0.39, 0.29) is 0 Å². The molecule has 0 fully saturated rings. The zero-order valence-corrected chi connectivity index (χ0v) is 11.2. The summed E-state index contributed by atoms with van der Waals surface area (Å²) in [5.74, 6) is 5.99. The molecule has 1 aromatic carbocycles. The van der Waals surface area contributed by atoms with Crippen LogP contribution in [0.3, 0.4) is 0 Å². The maximum absolute atomic E-state index is 12.8. The molecule has 112 valence electrons. The Hall–Kier alpha value is -2.12. The number of pyridine rings is 1. The number of halogens is 3. The number of hydrazine groups is 1. The van der Waals surface area contributed by atoms with Crippen LogP contribution in [0.1, 0.15) is 22.7 Å². The molecule has 0 saturated carbocycles. The summed E-state index contributed by atoms with van der Waals surface area (Å²) in [4.78, 5) is 3.98. The van der Waals surface area contributed by atoms with E-state index < -0.39 is 17.8 Å². The first-order valence-electron chi connectivity index (χ1n) is 6.08. The van der Waals surface area contributed by atoms with E-state index in [0.29, 0.717) is 16.9 Å². The van der Waals surface area contributed by atoms with Crippen molar-refractivity contribution in [3.63, 3.8) is 0 Å². The molecule has 3 N–H and O–H groups in total. The molecule has 21 heavy (non-hydrogen) atoms. The minimum absolute atomic E-state index is 0.391. The Balaban J connectivity index is 2.41. The monoisotopic (exact) mass is 297 g/mol. The van der Waals surface area contributed by atoms with Gasteiger partial charge in [-0.3, -0.25) is 10.8 Å². The minimum Gasteiger partial charge on any atom is -0.495 e. The van der Waals surface area contributed by atoms with Crippen LogP contribution in [0.5, 0.6) is 5.75 Å². The molecule has 7 heteroatoms. The standard InChI is InChI=1S/C14H14F3N3O/c1-21-12-6-10(7-19-8-12)13(20-18)9-3-2-4-11(5-9)14(15,16)17/h2-8,13,20H,18H2,1H3.